The van der Waals surface area contributed by atoms with E-state index in [4.69, 9.17) is 23.2 Å². The Balaban J connectivity index is 2.35. The summed E-state index contributed by atoms with van der Waals surface area (Å²) in [4.78, 5) is 0. The van der Waals surface area contributed by atoms with Crippen molar-refractivity contribution in [3.05, 3.63) is 28.2 Å². The van der Waals surface area contributed by atoms with Crippen LogP contribution in [0, 0.1) is 5.41 Å². The average molecular weight is 285 g/mol. The molecular formula is C14H18Cl2N2. The minimum atomic E-state index is 0.142. The van der Waals surface area contributed by atoms with Gasteiger partial charge in [-0.25, -0.2) is 0 Å². The fourth-order valence-corrected chi connectivity index (χ4v) is 3.08. The molecule has 0 N–H and O–H groups in total. The molecule has 4 heteroatoms. The van der Waals surface area contributed by atoms with Gasteiger partial charge in [0.2, 0.25) is 0 Å². The van der Waals surface area contributed by atoms with Crippen molar-refractivity contribution in [1.29, 1.82) is 0 Å². The molecule has 1 unspecified atom stereocenters. The molecule has 2 nitrogen and oxygen atoms in total. The molecule has 0 saturated heterocycles. The van der Waals surface area contributed by atoms with Crippen molar-refractivity contribution in [2.24, 2.45) is 10.5 Å². The molecule has 1 aromatic carbocycles. The Morgan fingerprint density at radius 3 is 2.44 bits per heavy atom. The summed E-state index contributed by atoms with van der Waals surface area (Å²) in [5, 5.41) is 7.86. The van der Waals surface area contributed by atoms with Crippen molar-refractivity contribution in [3.63, 3.8) is 0 Å². The number of rotatable bonds is 3. The summed E-state index contributed by atoms with van der Waals surface area (Å²) in [6.07, 6.45) is 4.23. The fourth-order valence-electron chi connectivity index (χ4n) is 2.59. The van der Waals surface area contributed by atoms with E-state index in [9.17, 15) is 0 Å². The van der Waals surface area contributed by atoms with E-state index in [2.05, 4.69) is 32.1 Å². The Kier molecular flexibility index (Phi) is 3.88. The third kappa shape index (κ3) is 2.12. The van der Waals surface area contributed by atoms with E-state index in [0.29, 0.717) is 16.1 Å². The molecule has 98 valence electrons. The van der Waals surface area contributed by atoms with Gasteiger partial charge in [-0.3, -0.25) is 5.01 Å². The first-order valence-electron chi connectivity index (χ1n) is 6.33. The Morgan fingerprint density at radius 1 is 1.28 bits per heavy atom. The lowest BCUT2D eigenvalue weighted by atomic mass is 9.78. The number of hydrogen-bond acceptors (Lipinski definition) is 2. The van der Waals surface area contributed by atoms with Gasteiger partial charge in [0.05, 0.1) is 16.8 Å². The molecule has 0 aliphatic carbocycles. The first kappa shape index (κ1) is 13.7. The molecule has 2 rings (SSSR count). The number of hydrogen-bond donors (Lipinski definition) is 0. The minimum absolute atomic E-state index is 0.142. The number of halogens is 2. The summed E-state index contributed by atoms with van der Waals surface area (Å²) in [6, 6.07) is 5.85. The third-order valence-electron chi connectivity index (χ3n) is 4.11. The Labute approximate surface area is 119 Å². The minimum Gasteiger partial charge on any atom is -0.261 e. The highest BCUT2D eigenvalue weighted by Crippen LogP contribution is 2.41. The third-order valence-corrected chi connectivity index (χ3v) is 4.65. The topological polar surface area (TPSA) is 15.6 Å². The maximum Gasteiger partial charge on any atom is 0.0784 e. The first-order valence-corrected chi connectivity index (χ1v) is 7.09. The smallest absolute Gasteiger partial charge is 0.0784 e. The van der Waals surface area contributed by atoms with Crippen molar-refractivity contribution in [2.45, 2.75) is 39.7 Å². The lowest BCUT2D eigenvalue weighted by Crippen LogP contribution is -2.38. The van der Waals surface area contributed by atoms with E-state index in [1.54, 1.807) is 6.07 Å². The highest BCUT2D eigenvalue weighted by atomic mass is 35.5. The van der Waals surface area contributed by atoms with Gasteiger partial charge in [0.1, 0.15) is 0 Å². The second-order valence-corrected chi connectivity index (χ2v) is 5.64. The van der Waals surface area contributed by atoms with Gasteiger partial charge in [-0.05, 0) is 38.0 Å². The number of hydrazone groups is 1. The quantitative estimate of drug-likeness (QED) is 0.763. The number of benzene rings is 1. The van der Waals surface area contributed by atoms with Crippen LogP contribution < -0.4 is 5.01 Å². The van der Waals surface area contributed by atoms with Gasteiger partial charge in [-0.1, -0.05) is 37.0 Å². The van der Waals surface area contributed by atoms with Gasteiger partial charge < -0.3 is 0 Å². The predicted octanol–water partition coefficient (Wildman–Crippen LogP) is 4.99. The Morgan fingerprint density at radius 2 is 1.94 bits per heavy atom. The maximum absolute atomic E-state index is 6.25. The molecule has 18 heavy (non-hydrogen) atoms. The summed E-state index contributed by atoms with van der Waals surface area (Å²) in [6.45, 7) is 6.61. The van der Waals surface area contributed by atoms with Gasteiger partial charge >= 0.3 is 0 Å². The van der Waals surface area contributed by atoms with Gasteiger partial charge in [0.25, 0.3) is 0 Å². The first-order chi connectivity index (χ1) is 8.54. The van der Waals surface area contributed by atoms with Gasteiger partial charge in [-0.15, -0.1) is 0 Å². The van der Waals surface area contributed by atoms with Crippen LogP contribution >= 0.6 is 23.2 Å². The normalized spacial score (nSPS) is 21.6. The van der Waals surface area contributed by atoms with Crippen molar-refractivity contribution in [2.75, 3.05) is 5.01 Å². The van der Waals surface area contributed by atoms with Crippen LogP contribution in [0.2, 0.25) is 10.0 Å². The highest BCUT2D eigenvalue weighted by Gasteiger charge is 2.40. The largest absolute Gasteiger partial charge is 0.261 e. The van der Waals surface area contributed by atoms with E-state index in [1.807, 2.05) is 17.1 Å². The molecule has 1 aliphatic heterocycles. The Bertz CT molecular complexity index is 467. The van der Waals surface area contributed by atoms with Crippen LogP contribution in [0.3, 0.4) is 0 Å². The molecule has 1 aromatic rings. The highest BCUT2D eigenvalue weighted by molar-refractivity contribution is 6.36. The molecule has 0 amide bonds. The lowest BCUT2D eigenvalue weighted by molar-refractivity contribution is 0.342. The Hall–Kier alpha value is -0.730. The van der Waals surface area contributed by atoms with Crippen LogP contribution in [0.25, 0.3) is 0 Å². The average Bonchev–Trinajstić information content (AvgIpc) is 2.68. The van der Waals surface area contributed by atoms with E-state index in [-0.39, 0.29) is 5.41 Å². The molecule has 0 fully saturated rings. The SMILES string of the molecule is CCC1(CC)C=NN(c2ccc(Cl)cc2Cl)C1C. The van der Waals surface area contributed by atoms with Crippen molar-refractivity contribution in [3.8, 4) is 0 Å². The summed E-state index contributed by atoms with van der Waals surface area (Å²) >= 11 is 12.2. The molecule has 0 saturated carbocycles. The van der Waals surface area contributed by atoms with Crippen LogP contribution in [0.4, 0.5) is 5.69 Å². The van der Waals surface area contributed by atoms with Gasteiger partial charge in [0.15, 0.2) is 0 Å². The second-order valence-electron chi connectivity index (χ2n) is 4.80. The molecule has 1 aliphatic rings. The number of nitrogens with zero attached hydrogens (tertiary/aromatic N) is 2. The van der Waals surface area contributed by atoms with Gasteiger partial charge in [-0.2, -0.15) is 5.10 Å². The van der Waals surface area contributed by atoms with E-state index in [0.717, 1.165) is 18.5 Å². The molecule has 0 spiro atoms. The molecule has 0 radical (unpaired) electrons. The van der Waals surface area contributed by atoms with E-state index < -0.39 is 0 Å². The van der Waals surface area contributed by atoms with Crippen LogP contribution in [0.5, 0.6) is 0 Å². The van der Waals surface area contributed by atoms with Crippen LogP contribution in [0.1, 0.15) is 33.6 Å². The van der Waals surface area contributed by atoms with Crippen LogP contribution in [-0.4, -0.2) is 12.3 Å². The second kappa shape index (κ2) is 5.10. The standard InChI is InChI=1S/C14H18Cl2N2/c1-4-14(5-2)9-17-18(10(14)3)13-7-6-11(15)8-12(13)16/h6-10H,4-5H2,1-3H3. The summed E-state index contributed by atoms with van der Waals surface area (Å²) < 4.78 is 0. The molecule has 1 atom stereocenters. The lowest BCUT2D eigenvalue weighted by Gasteiger charge is -2.33. The number of anilines is 1. The molecular weight excluding hydrogens is 267 g/mol. The van der Waals surface area contributed by atoms with Crippen molar-refractivity contribution in [1.82, 2.24) is 0 Å². The predicted molar refractivity (Wildman–Crippen MR) is 79.9 cm³/mol. The zero-order valence-corrected chi connectivity index (χ0v) is 12.5. The zero-order chi connectivity index (χ0) is 13.3. The van der Waals surface area contributed by atoms with Crippen LogP contribution in [0.15, 0.2) is 23.3 Å². The van der Waals surface area contributed by atoms with E-state index >= 15 is 0 Å². The van der Waals surface area contributed by atoms with Crippen molar-refractivity contribution < 1.29 is 0 Å². The summed E-state index contributed by atoms with van der Waals surface area (Å²) in [5.41, 5.74) is 1.07. The monoisotopic (exact) mass is 284 g/mol. The summed E-state index contributed by atoms with van der Waals surface area (Å²) in [7, 11) is 0. The molecule has 1 heterocycles. The molecule has 0 aromatic heterocycles. The summed E-state index contributed by atoms with van der Waals surface area (Å²) in [5.74, 6) is 0. The molecule has 0 bridgehead atoms. The van der Waals surface area contributed by atoms with Gasteiger partial charge in [0, 0.05) is 16.7 Å². The zero-order valence-electron chi connectivity index (χ0n) is 11.0. The maximum atomic E-state index is 6.25. The van der Waals surface area contributed by atoms with E-state index in [1.165, 1.54) is 0 Å². The van der Waals surface area contributed by atoms with Crippen LogP contribution in [-0.2, 0) is 0 Å². The van der Waals surface area contributed by atoms with Crippen molar-refractivity contribution >= 4 is 35.1 Å². The fraction of sp³-hybridized carbons (Fsp3) is 0.500.